The van der Waals surface area contributed by atoms with Crippen LogP contribution in [0, 0.1) is 17.2 Å². The van der Waals surface area contributed by atoms with Gasteiger partial charge in [-0.05, 0) is 55.8 Å². The van der Waals surface area contributed by atoms with Gasteiger partial charge in [0.15, 0.2) is 0 Å². The number of nitrogens with zero attached hydrogens (tertiary/aromatic N) is 4. The number of carbonyl (C=O) groups is 2. The molecule has 10 nitrogen and oxygen atoms in total. The molecule has 1 atom stereocenters. The lowest BCUT2D eigenvalue weighted by atomic mass is 10.0. The number of hydrogen-bond acceptors (Lipinski definition) is 7. The number of aliphatic hydroxyl groups is 1. The Morgan fingerprint density at radius 3 is 2.49 bits per heavy atom. The SMILES string of the molecule is CC(C)C(=O)NCc1ccc(Nc2cc(-c3ccc4cc(C#N)cnn34)ncc2C(=O)NC[C@@H](F)C(C)(C)O)cc1. The fourth-order valence-corrected chi connectivity index (χ4v) is 3.92. The maximum Gasteiger partial charge on any atom is 0.255 e. The molecule has 4 N–H and O–H groups in total. The zero-order valence-electron chi connectivity index (χ0n) is 23.3. The number of nitriles is 1. The molecule has 41 heavy (non-hydrogen) atoms. The Morgan fingerprint density at radius 1 is 1.10 bits per heavy atom. The number of benzene rings is 1. The molecule has 0 saturated heterocycles. The van der Waals surface area contributed by atoms with Gasteiger partial charge in [0.2, 0.25) is 5.91 Å². The molecule has 1 aromatic carbocycles. The maximum atomic E-state index is 14.3. The van der Waals surface area contributed by atoms with Gasteiger partial charge >= 0.3 is 0 Å². The Labute approximate surface area is 237 Å². The van der Waals surface area contributed by atoms with E-state index in [-0.39, 0.29) is 23.9 Å². The average molecular weight is 558 g/mol. The first-order valence-corrected chi connectivity index (χ1v) is 13.1. The van der Waals surface area contributed by atoms with Crippen LogP contribution in [0.2, 0.25) is 0 Å². The zero-order valence-corrected chi connectivity index (χ0v) is 23.3. The lowest BCUT2D eigenvalue weighted by Crippen LogP contribution is -2.42. The molecule has 0 saturated carbocycles. The summed E-state index contributed by atoms with van der Waals surface area (Å²) in [5, 5.41) is 32.1. The lowest BCUT2D eigenvalue weighted by molar-refractivity contribution is -0.124. The predicted molar refractivity (Wildman–Crippen MR) is 153 cm³/mol. The van der Waals surface area contributed by atoms with Crippen molar-refractivity contribution < 1.29 is 19.1 Å². The van der Waals surface area contributed by atoms with E-state index in [2.05, 4.69) is 32.1 Å². The summed E-state index contributed by atoms with van der Waals surface area (Å²) in [6.45, 7) is 6.33. The maximum absolute atomic E-state index is 14.3. The fourth-order valence-electron chi connectivity index (χ4n) is 3.92. The summed E-state index contributed by atoms with van der Waals surface area (Å²) in [5.41, 5.74) is 2.83. The first-order valence-electron chi connectivity index (χ1n) is 13.1. The van der Waals surface area contributed by atoms with Crippen LogP contribution in [0.3, 0.4) is 0 Å². The molecule has 3 aromatic heterocycles. The van der Waals surface area contributed by atoms with E-state index >= 15 is 0 Å². The third kappa shape index (κ3) is 7.04. The number of nitrogens with one attached hydrogen (secondary N) is 3. The number of amides is 2. The highest BCUT2D eigenvalue weighted by Crippen LogP contribution is 2.28. The van der Waals surface area contributed by atoms with Crippen LogP contribution in [0.1, 0.15) is 49.2 Å². The zero-order chi connectivity index (χ0) is 29.7. The monoisotopic (exact) mass is 557 g/mol. The van der Waals surface area contributed by atoms with Crippen LogP contribution in [-0.2, 0) is 11.3 Å². The van der Waals surface area contributed by atoms with Crippen molar-refractivity contribution >= 4 is 28.7 Å². The molecule has 4 aromatic rings. The number of hydrogen-bond donors (Lipinski definition) is 4. The second kappa shape index (κ2) is 12.1. The van der Waals surface area contributed by atoms with Gasteiger partial charge in [0.25, 0.3) is 5.91 Å². The van der Waals surface area contributed by atoms with Gasteiger partial charge in [0.1, 0.15) is 12.2 Å². The second-order valence-corrected chi connectivity index (χ2v) is 10.6. The Morgan fingerprint density at radius 2 is 1.83 bits per heavy atom. The summed E-state index contributed by atoms with van der Waals surface area (Å²) >= 11 is 0. The summed E-state index contributed by atoms with van der Waals surface area (Å²) in [7, 11) is 0. The number of halogens is 1. The molecule has 0 spiro atoms. The van der Waals surface area contributed by atoms with Gasteiger partial charge in [-0.3, -0.25) is 14.6 Å². The highest BCUT2D eigenvalue weighted by molar-refractivity contribution is 6.00. The first kappa shape index (κ1) is 29.2. The minimum absolute atomic E-state index is 0.0384. The molecular weight excluding hydrogens is 525 g/mol. The van der Waals surface area contributed by atoms with Gasteiger partial charge < -0.3 is 21.1 Å². The molecule has 3 heterocycles. The van der Waals surface area contributed by atoms with Gasteiger partial charge in [-0.15, -0.1) is 0 Å². The van der Waals surface area contributed by atoms with Gasteiger partial charge in [-0.1, -0.05) is 26.0 Å². The van der Waals surface area contributed by atoms with E-state index in [1.807, 2.05) is 50.2 Å². The van der Waals surface area contributed by atoms with E-state index in [1.54, 1.807) is 16.6 Å². The van der Waals surface area contributed by atoms with Crippen molar-refractivity contribution in [2.45, 2.75) is 46.0 Å². The average Bonchev–Trinajstić information content (AvgIpc) is 3.37. The molecule has 0 bridgehead atoms. The Hall–Kier alpha value is -4.82. The summed E-state index contributed by atoms with van der Waals surface area (Å²) in [4.78, 5) is 29.5. The van der Waals surface area contributed by atoms with Crippen LogP contribution < -0.4 is 16.0 Å². The first-order chi connectivity index (χ1) is 19.5. The molecule has 4 rings (SSSR count). The van der Waals surface area contributed by atoms with Crippen LogP contribution in [0.25, 0.3) is 16.9 Å². The normalized spacial score (nSPS) is 12.1. The highest BCUT2D eigenvalue weighted by atomic mass is 19.1. The van der Waals surface area contributed by atoms with Crippen molar-refractivity contribution in [1.82, 2.24) is 25.2 Å². The largest absolute Gasteiger partial charge is 0.387 e. The molecule has 0 fully saturated rings. The number of fused-ring (bicyclic) bond motifs is 1. The number of aromatic nitrogens is 3. The predicted octanol–water partition coefficient (Wildman–Crippen LogP) is 4.12. The number of carbonyl (C=O) groups excluding carboxylic acids is 2. The fraction of sp³-hybridized carbons (Fsp3) is 0.300. The lowest BCUT2D eigenvalue weighted by Gasteiger charge is -2.22. The van der Waals surface area contributed by atoms with Crippen molar-refractivity contribution in [1.29, 1.82) is 5.26 Å². The number of anilines is 2. The smallest absolute Gasteiger partial charge is 0.255 e. The van der Waals surface area contributed by atoms with E-state index in [0.717, 1.165) is 5.56 Å². The van der Waals surface area contributed by atoms with E-state index in [9.17, 15) is 24.3 Å². The Balaban J connectivity index is 1.64. The summed E-state index contributed by atoms with van der Waals surface area (Å²) in [5.74, 6) is -0.717. The topological polar surface area (TPSA) is 144 Å². The third-order valence-electron chi connectivity index (χ3n) is 6.47. The standard InChI is InChI=1S/C30H32FN7O3/c1-18(2)28(39)34-14-19-5-7-21(8-6-19)37-24-12-25(26-10-9-22-11-20(13-32)15-36-38(22)26)33-16-23(24)29(40)35-17-27(31)30(3,4)41/h5-12,15-16,18,27,41H,14,17H2,1-4H3,(H,33,37)(H,34,39)(H,35,40)/t27-/m1/s1. The van der Waals surface area contributed by atoms with Crippen molar-refractivity contribution in [2.75, 3.05) is 11.9 Å². The minimum Gasteiger partial charge on any atom is -0.387 e. The van der Waals surface area contributed by atoms with Crippen LogP contribution in [0.4, 0.5) is 15.8 Å². The van der Waals surface area contributed by atoms with Crippen molar-refractivity contribution in [2.24, 2.45) is 5.92 Å². The van der Waals surface area contributed by atoms with Gasteiger partial charge in [-0.25, -0.2) is 8.91 Å². The van der Waals surface area contributed by atoms with Crippen LogP contribution in [-0.4, -0.2) is 49.8 Å². The van der Waals surface area contributed by atoms with Crippen LogP contribution in [0.5, 0.6) is 0 Å². The number of rotatable bonds is 10. The molecule has 0 aliphatic carbocycles. The van der Waals surface area contributed by atoms with Gasteiger partial charge in [0, 0.05) is 24.3 Å². The molecule has 212 valence electrons. The molecular formula is C30H32FN7O3. The second-order valence-electron chi connectivity index (χ2n) is 10.6. The quantitative estimate of drug-likeness (QED) is 0.230. The van der Waals surface area contributed by atoms with Crippen LogP contribution in [0.15, 0.2) is 60.9 Å². The summed E-state index contributed by atoms with van der Waals surface area (Å²) in [6.07, 6.45) is 1.18. The van der Waals surface area contributed by atoms with Crippen LogP contribution >= 0.6 is 0 Å². The highest BCUT2D eigenvalue weighted by Gasteiger charge is 2.27. The molecule has 0 radical (unpaired) electrons. The molecule has 0 aliphatic heterocycles. The van der Waals surface area contributed by atoms with Crippen molar-refractivity contribution in [3.8, 4) is 17.5 Å². The van der Waals surface area contributed by atoms with E-state index < -0.39 is 17.7 Å². The Kier molecular flexibility index (Phi) is 8.64. The summed E-state index contributed by atoms with van der Waals surface area (Å²) < 4.78 is 16.0. The molecule has 0 aliphatic rings. The van der Waals surface area contributed by atoms with Crippen molar-refractivity contribution in [3.05, 3.63) is 77.6 Å². The van der Waals surface area contributed by atoms with Crippen molar-refractivity contribution in [3.63, 3.8) is 0 Å². The summed E-state index contributed by atoms with van der Waals surface area (Å²) in [6, 6.07) is 16.5. The third-order valence-corrected chi connectivity index (χ3v) is 6.47. The van der Waals surface area contributed by atoms with E-state index in [1.165, 1.54) is 26.2 Å². The van der Waals surface area contributed by atoms with Gasteiger partial charge in [0.05, 0.1) is 52.1 Å². The van der Waals surface area contributed by atoms with E-state index in [4.69, 9.17) is 0 Å². The Bertz CT molecular complexity index is 1600. The number of pyridine rings is 1. The molecule has 0 unspecified atom stereocenters. The number of alkyl halides is 1. The molecule has 2 amide bonds. The minimum atomic E-state index is -1.67. The molecule has 11 heteroatoms. The van der Waals surface area contributed by atoms with Gasteiger partial charge in [-0.2, -0.15) is 10.4 Å². The van der Waals surface area contributed by atoms with E-state index in [0.29, 0.717) is 40.4 Å².